The fraction of sp³-hybridized carbons (Fsp3) is 0.808. The molecule has 6 fully saturated rings. The Morgan fingerprint density at radius 3 is 2.45 bits per heavy atom. The molecular weight excluding hydrogens is 392 g/mol. The van der Waals surface area contributed by atoms with Crippen LogP contribution >= 0.6 is 0 Å². The van der Waals surface area contributed by atoms with E-state index in [1.54, 1.807) is 0 Å². The molecule has 0 spiro atoms. The number of hydrogen-bond donors (Lipinski definition) is 2. The minimum atomic E-state index is -0.865. The molecule has 3 heterocycles. The van der Waals surface area contributed by atoms with Crippen LogP contribution in [0.4, 0.5) is 0 Å². The highest BCUT2D eigenvalue weighted by atomic mass is 16.9. The van der Waals surface area contributed by atoms with Gasteiger partial charge < -0.3 is 24.4 Å². The largest absolute Gasteiger partial charge is 0.392 e. The smallest absolute Gasteiger partial charge is 0.283 e. The molecule has 6 aliphatic rings. The van der Waals surface area contributed by atoms with E-state index in [-0.39, 0.29) is 17.9 Å². The monoisotopic (exact) mass is 430 g/mol. The summed E-state index contributed by atoms with van der Waals surface area (Å²) in [5.41, 5.74) is 5.49. The van der Waals surface area contributed by atoms with Crippen molar-refractivity contribution < 1.29 is 24.4 Å². The van der Waals surface area contributed by atoms with E-state index in [0.717, 1.165) is 19.3 Å². The van der Waals surface area contributed by atoms with Gasteiger partial charge in [-0.25, -0.2) is 0 Å². The van der Waals surface area contributed by atoms with Gasteiger partial charge in [0.25, 0.3) is 5.97 Å². The van der Waals surface area contributed by atoms with Crippen LogP contribution in [0.25, 0.3) is 0 Å². The lowest BCUT2D eigenvalue weighted by Crippen LogP contribution is -2.58. The normalized spacial score (nSPS) is 44.8. The number of rotatable bonds is 6. The van der Waals surface area contributed by atoms with E-state index in [4.69, 9.17) is 14.2 Å². The third-order valence-electron chi connectivity index (χ3n) is 8.68. The molecule has 3 saturated carbocycles. The zero-order chi connectivity index (χ0) is 21.7. The maximum Gasteiger partial charge on any atom is 0.283 e. The van der Waals surface area contributed by atoms with Crippen molar-refractivity contribution in [1.82, 2.24) is 0 Å². The molecule has 2 N–H and O–H groups in total. The number of aliphatic hydroxyl groups excluding tert-OH is 1. The van der Waals surface area contributed by atoms with E-state index in [1.807, 2.05) is 13.0 Å². The van der Waals surface area contributed by atoms with E-state index < -0.39 is 11.6 Å². The zero-order valence-corrected chi connectivity index (χ0v) is 19.1. The Balaban J connectivity index is 1.23. The minimum absolute atomic E-state index is 0.00170. The summed E-state index contributed by atoms with van der Waals surface area (Å²) in [6.07, 6.45) is 12.4. The van der Waals surface area contributed by atoms with Gasteiger partial charge in [-0.05, 0) is 68.4 Å². The fourth-order valence-electron chi connectivity index (χ4n) is 6.65. The highest BCUT2D eigenvalue weighted by Crippen LogP contribution is 2.60. The lowest BCUT2D eigenvalue weighted by atomic mass is 9.67. The van der Waals surface area contributed by atoms with Gasteiger partial charge in [0.05, 0.1) is 32.0 Å². The second-order valence-electron chi connectivity index (χ2n) is 11.1. The first-order chi connectivity index (χ1) is 14.9. The van der Waals surface area contributed by atoms with Gasteiger partial charge in [-0.2, -0.15) is 0 Å². The van der Waals surface area contributed by atoms with Crippen LogP contribution in [-0.4, -0.2) is 48.2 Å². The van der Waals surface area contributed by atoms with Gasteiger partial charge in [-0.3, -0.25) is 0 Å². The first kappa shape index (κ1) is 21.9. The minimum Gasteiger partial charge on any atom is -0.392 e. The molecule has 31 heavy (non-hydrogen) atoms. The Kier molecular flexibility index (Phi) is 5.74. The van der Waals surface area contributed by atoms with Crippen molar-refractivity contribution in [1.29, 1.82) is 0 Å². The van der Waals surface area contributed by atoms with Crippen LogP contribution in [0, 0.1) is 29.1 Å². The first-order valence-corrected chi connectivity index (χ1v) is 12.2. The molecule has 172 valence electrons. The average Bonchev–Trinajstić information content (AvgIpc) is 3.33. The zero-order valence-electron chi connectivity index (χ0n) is 19.1. The molecule has 6 rings (SSSR count). The molecule has 4 atom stereocenters. The predicted molar refractivity (Wildman–Crippen MR) is 117 cm³/mol. The summed E-state index contributed by atoms with van der Waals surface area (Å²) < 4.78 is 17.6. The number of allylic oxidation sites excluding steroid dienone is 1. The van der Waals surface area contributed by atoms with Gasteiger partial charge in [0.1, 0.15) is 0 Å². The van der Waals surface area contributed by atoms with Gasteiger partial charge in [-0.1, -0.05) is 31.4 Å². The van der Waals surface area contributed by atoms with Crippen molar-refractivity contribution in [3.05, 3.63) is 29.0 Å². The van der Waals surface area contributed by atoms with Crippen molar-refractivity contribution in [2.24, 2.45) is 29.1 Å². The van der Waals surface area contributed by atoms with Crippen LogP contribution in [0.5, 0.6) is 0 Å². The number of hydrogen-bond acceptors (Lipinski definition) is 5. The molecule has 5 heteroatoms. The van der Waals surface area contributed by atoms with Gasteiger partial charge >= 0.3 is 0 Å². The average molecular weight is 431 g/mol. The van der Waals surface area contributed by atoms with E-state index in [0.29, 0.717) is 44.0 Å². The highest BCUT2D eigenvalue weighted by Gasteiger charge is 2.58. The van der Waals surface area contributed by atoms with Crippen molar-refractivity contribution in [2.75, 3.05) is 26.4 Å². The van der Waals surface area contributed by atoms with Crippen molar-refractivity contribution in [3.8, 4) is 0 Å². The first-order valence-electron chi connectivity index (χ1n) is 12.2. The molecule has 3 aliphatic carbocycles. The molecule has 2 bridgehead atoms. The third kappa shape index (κ3) is 3.88. The number of aliphatic hydroxyl groups is 2. The van der Waals surface area contributed by atoms with Crippen LogP contribution < -0.4 is 0 Å². The van der Waals surface area contributed by atoms with Crippen molar-refractivity contribution in [3.63, 3.8) is 0 Å². The van der Waals surface area contributed by atoms with Crippen LogP contribution in [0.1, 0.15) is 65.2 Å². The molecule has 0 aromatic carbocycles. The summed E-state index contributed by atoms with van der Waals surface area (Å²) in [6.45, 7) is 6.32. The summed E-state index contributed by atoms with van der Waals surface area (Å²) >= 11 is 0. The molecule has 3 aliphatic heterocycles. The van der Waals surface area contributed by atoms with E-state index in [1.165, 1.54) is 36.8 Å². The molecule has 5 nitrogen and oxygen atoms in total. The van der Waals surface area contributed by atoms with Crippen LogP contribution in [0.2, 0.25) is 0 Å². The maximum atomic E-state index is 11.4. The molecule has 0 amide bonds. The van der Waals surface area contributed by atoms with Crippen LogP contribution in [-0.2, 0) is 14.2 Å². The van der Waals surface area contributed by atoms with E-state index >= 15 is 0 Å². The summed E-state index contributed by atoms with van der Waals surface area (Å²) in [7, 11) is 0. The standard InChI is InChI=1S/C26H38O5/c1-24-15-29-26(30-16-24,31-17-24)11-6-5-9-19-13-22-21(19)14-23(25(22,2)28)20(10-12-27)18-7-3-4-8-18/h5,10,18,21-23,27-28H,3-4,6-8,11-17H2,1-2H3/b20-10+/t9?,21-,22+,23-,24?,25+,26?/m0/s1. The molecular formula is C26H38O5. The SMILES string of the molecule is CC12COC(CCC=C=C3C[C@@H]4[C@H]3C[C@@H](/C(=C/CO)C3CCCC3)[C@]4(C)O)(OC1)OC2. The summed E-state index contributed by atoms with van der Waals surface area (Å²) in [5.74, 6) is 0.545. The third-order valence-corrected chi connectivity index (χ3v) is 8.68. The maximum absolute atomic E-state index is 11.4. The lowest BCUT2D eigenvalue weighted by Gasteiger charge is -2.50. The van der Waals surface area contributed by atoms with Crippen molar-refractivity contribution >= 4 is 0 Å². The Labute approximate surface area is 186 Å². The lowest BCUT2D eigenvalue weighted by molar-refractivity contribution is -0.467. The molecule has 0 unspecified atom stereocenters. The van der Waals surface area contributed by atoms with Crippen molar-refractivity contribution in [2.45, 2.75) is 76.8 Å². The summed E-state index contributed by atoms with van der Waals surface area (Å²) in [5, 5.41) is 21.1. The summed E-state index contributed by atoms with van der Waals surface area (Å²) in [6, 6.07) is 0. The number of ether oxygens (including phenoxy) is 3. The van der Waals surface area contributed by atoms with E-state index in [2.05, 4.69) is 18.7 Å². The molecule has 3 saturated heterocycles. The number of fused-ring (bicyclic) bond motifs is 4. The Hall–Kier alpha value is -0.940. The second-order valence-corrected chi connectivity index (χ2v) is 11.1. The second kappa shape index (κ2) is 8.13. The molecule has 0 aromatic heterocycles. The quantitative estimate of drug-likeness (QED) is 0.490. The fourth-order valence-corrected chi connectivity index (χ4v) is 6.65. The Morgan fingerprint density at radius 2 is 1.81 bits per heavy atom. The van der Waals surface area contributed by atoms with Gasteiger partial charge in [0.2, 0.25) is 0 Å². The van der Waals surface area contributed by atoms with Gasteiger partial charge in [0, 0.05) is 17.8 Å². The highest BCUT2D eigenvalue weighted by molar-refractivity contribution is 5.31. The van der Waals surface area contributed by atoms with E-state index in [9.17, 15) is 10.2 Å². The topological polar surface area (TPSA) is 68.2 Å². The van der Waals surface area contributed by atoms with Crippen LogP contribution in [0.15, 0.2) is 29.0 Å². The molecule has 0 aromatic rings. The van der Waals surface area contributed by atoms with Gasteiger partial charge in [0.15, 0.2) is 0 Å². The molecule has 0 radical (unpaired) electrons. The van der Waals surface area contributed by atoms with Gasteiger partial charge in [-0.15, -0.1) is 5.73 Å². The summed E-state index contributed by atoms with van der Waals surface area (Å²) in [4.78, 5) is 0. The van der Waals surface area contributed by atoms with Crippen LogP contribution in [0.3, 0.4) is 0 Å². The Bertz CT molecular complexity index is 759. The predicted octanol–water partition coefficient (Wildman–Crippen LogP) is 4.10. The Morgan fingerprint density at radius 1 is 1.13 bits per heavy atom.